The van der Waals surface area contributed by atoms with E-state index in [2.05, 4.69) is 34.3 Å². The average molecular weight is 620 g/mol. The highest BCUT2D eigenvalue weighted by atomic mass is 16.5. The summed E-state index contributed by atoms with van der Waals surface area (Å²) < 4.78 is 7.35. The number of benzene rings is 3. The zero-order chi connectivity index (χ0) is 32.2. The Morgan fingerprint density at radius 3 is 2.39 bits per heavy atom. The Hall–Kier alpha value is -5.05. The van der Waals surface area contributed by atoms with Gasteiger partial charge in [-0.15, -0.1) is 0 Å². The van der Waals surface area contributed by atoms with Crippen LogP contribution in [0.5, 0.6) is 5.75 Å². The molecule has 1 fully saturated rings. The molecule has 4 aromatic rings. The summed E-state index contributed by atoms with van der Waals surface area (Å²) in [5, 5.41) is 6.13. The van der Waals surface area contributed by atoms with Gasteiger partial charge in [0.15, 0.2) is 0 Å². The summed E-state index contributed by atoms with van der Waals surface area (Å²) in [7, 11) is 1.61. The van der Waals surface area contributed by atoms with Gasteiger partial charge < -0.3 is 29.7 Å². The van der Waals surface area contributed by atoms with Crippen molar-refractivity contribution in [1.29, 1.82) is 0 Å². The summed E-state index contributed by atoms with van der Waals surface area (Å²) in [6.45, 7) is 8.42. The van der Waals surface area contributed by atoms with E-state index in [-0.39, 0.29) is 23.3 Å². The number of anilines is 3. The molecule has 0 spiro atoms. The predicted molar refractivity (Wildman–Crippen MR) is 182 cm³/mol. The molecule has 9 nitrogen and oxygen atoms in total. The van der Waals surface area contributed by atoms with Crippen LogP contribution >= 0.6 is 0 Å². The summed E-state index contributed by atoms with van der Waals surface area (Å²) in [6.07, 6.45) is 1.02. The summed E-state index contributed by atoms with van der Waals surface area (Å²) in [6, 6.07) is 26.2. The largest absolute Gasteiger partial charge is 0.496 e. The Labute approximate surface area is 269 Å². The topological polar surface area (TPSA) is 95.9 Å². The van der Waals surface area contributed by atoms with Crippen LogP contribution in [-0.4, -0.2) is 49.7 Å². The summed E-state index contributed by atoms with van der Waals surface area (Å²) >= 11 is 0. The maximum atomic E-state index is 13.6. The van der Waals surface area contributed by atoms with Crippen LogP contribution < -0.4 is 30.7 Å². The van der Waals surface area contributed by atoms with Crippen LogP contribution in [0.15, 0.2) is 89.7 Å². The molecule has 1 aromatic heterocycles. The molecule has 3 heterocycles. The minimum absolute atomic E-state index is 0.0455. The van der Waals surface area contributed by atoms with Gasteiger partial charge in [-0.2, -0.15) is 0 Å². The third kappa shape index (κ3) is 6.36. The molecule has 2 aliphatic rings. The van der Waals surface area contributed by atoms with E-state index in [9.17, 15) is 14.4 Å². The number of carbonyl (C=O) groups excluding carboxylic acids is 2. The fourth-order valence-electron chi connectivity index (χ4n) is 6.88. The maximum absolute atomic E-state index is 13.6. The zero-order valence-corrected chi connectivity index (χ0v) is 26.7. The fraction of sp³-hybridized carbons (Fsp3) is 0.324. The van der Waals surface area contributed by atoms with E-state index in [1.807, 2.05) is 77.4 Å². The van der Waals surface area contributed by atoms with E-state index >= 15 is 0 Å². The molecule has 9 heteroatoms. The lowest BCUT2D eigenvalue weighted by molar-refractivity contribution is 0.0949. The Kier molecular flexibility index (Phi) is 9.10. The van der Waals surface area contributed by atoms with E-state index < -0.39 is 0 Å². The molecule has 0 radical (unpaired) electrons. The number of aromatic nitrogens is 1. The number of para-hydroxylation sites is 1. The quantitative estimate of drug-likeness (QED) is 0.243. The van der Waals surface area contributed by atoms with Crippen molar-refractivity contribution in [2.24, 2.45) is 5.92 Å². The highest BCUT2D eigenvalue weighted by molar-refractivity contribution is 6.07. The standard InChI is InChI=1S/C37H41N5O4/c1-4-40(5-2)30-16-13-26(14-17-30)37(45)39-31-20-27(36(44)38-21-28-9-6-7-11-34(28)46-3)15-18-33(31)41-22-25-19-29(24-41)32-10-8-12-35(43)42(32)23-25/h6-18,20,25,29H,4-5,19,21-24H2,1-3H3,(H,38,44)(H,39,45)/t25-,29+/m1/s1. The third-order valence-corrected chi connectivity index (χ3v) is 9.22. The van der Waals surface area contributed by atoms with Crippen molar-refractivity contribution in [3.05, 3.63) is 118 Å². The number of hydrogen-bond acceptors (Lipinski definition) is 6. The summed E-state index contributed by atoms with van der Waals surface area (Å²) in [5.74, 6) is 0.707. The molecule has 0 saturated carbocycles. The first-order valence-electron chi connectivity index (χ1n) is 16.0. The molecular weight excluding hydrogens is 578 g/mol. The molecule has 3 aromatic carbocycles. The minimum Gasteiger partial charge on any atom is -0.496 e. The van der Waals surface area contributed by atoms with Crippen molar-refractivity contribution < 1.29 is 14.3 Å². The first kappa shape index (κ1) is 31.0. The fourth-order valence-corrected chi connectivity index (χ4v) is 6.88. The summed E-state index contributed by atoms with van der Waals surface area (Å²) in [4.78, 5) is 44.1. The lowest BCUT2D eigenvalue weighted by Gasteiger charge is -2.44. The Morgan fingerprint density at radius 1 is 0.870 bits per heavy atom. The maximum Gasteiger partial charge on any atom is 0.255 e. The molecule has 2 amide bonds. The predicted octanol–water partition coefficient (Wildman–Crippen LogP) is 5.51. The Morgan fingerprint density at radius 2 is 1.63 bits per heavy atom. The second-order valence-corrected chi connectivity index (χ2v) is 12.0. The number of ether oxygens (including phenoxy) is 1. The van der Waals surface area contributed by atoms with Crippen LogP contribution in [-0.2, 0) is 13.1 Å². The minimum atomic E-state index is -0.250. The lowest BCUT2D eigenvalue weighted by atomic mass is 9.83. The number of rotatable bonds is 10. The van der Waals surface area contributed by atoms with E-state index in [1.54, 1.807) is 19.2 Å². The van der Waals surface area contributed by atoms with Crippen molar-refractivity contribution in [3.63, 3.8) is 0 Å². The van der Waals surface area contributed by atoms with Crippen LogP contribution in [0.3, 0.4) is 0 Å². The van der Waals surface area contributed by atoms with Gasteiger partial charge in [0, 0.05) is 79.3 Å². The van der Waals surface area contributed by atoms with Gasteiger partial charge in [0.2, 0.25) is 0 Å². The average Bonchev–Trinajstić information content (AvgIpc) is 3.08. The lowest BCUT2D eigenvalue weighted by Crippen LogP contribution is -2.47. The number of fused-ring (bicyclic) bond motifs is 4. The van der Waals surface area contributed by atoms with Crippen molar-refractivity contribution in [1.82, 2.24) is 9.88 Å². The van der Waals surface area contributed by atoms with Crippen molar-refractivity contribution in [2.75, 3.05) is 48.4 Å². The monoisotopic (exact) mass is 619 g/mol. The molecule has 2 N–H and O–H groups in total. The van der Waals surface area contributed by atoms with Crippen LogP contribution in [0.1, 0.15) is 58.2 Å². The molecule has 238 valence electrons. The Balaban J connectivity index is 1.28. The van der Waals surface area contributed by atoms with E-state index in [1.165, 1.54) is 0 Å². The van der Waals surface area contributed by atoms with Gasteiger partial charge in [0.1, 0.15) is 5.75 Å². The van der Waals surface area contributed by atoms with Gasteiger partial charge in [0.05, 0.1) is 18.5 Å². The zero-order valence-electron chi connectivity index (χ0n) is 26.7. The third-order valence-electron chi connectivity index (χ3n) is 9.22. The number of hydrogen-bond donors (Lipinski definition) is 2. The number of carbonyl (C=O) groups is 2. The Bertz CT molecular complexity index is 1780. The highest BCUT2D eigenvalue weighted by Gasteiger charge is 2.35. The van der Waals surface area contributed by atoms with Gasteiger partial charge in [-0.1, -0.05) is 24.3 Å². The number of methoxy groups -OCH3 is 1. The van der Waals surface area contributed by atoms with Gasteiger partial charge >= 0.3 is 0 Å². The van der Waals surface area contributed by atoms with Crippen LogP contribution in [0.2, 0.25) is 0 Å². The summed E-state index contributed by atoms with van der Waals surface area (Å²) in [5.41, 5.74) is 5.45. The van der Waals surface area contributed by atoms with E-state index in [4.69, 9.17) is 4.74 Å². The number of amides is 2. The van der Waals surface area contributed by atoms with E-state index in [0.717, 1.165) is 48.7 Å². The normalized spacial score (nSPS) is 16.7. The number of nitrogens with zero attached hydrogens (tertiary/aromatic N) is 3. The molecule has 2 bridgehead atoms. The van der Waals surface area contributed by atoms with Crippen molar-refractivity contribution in [3.8, 4) is 5.75 Å². The van der Waals surface area contributed by atoms with Gasteiger partial charge in [-0.25, -0.2) is 0 Å². The second-order valence-electron chi connectivity index (χ2n) is 12.0. The number of piperidine rings is 1. The van der Waals surface area contributed by atoms with Gasteiger partial charge in [-0.3, -0.25) is 14.4 Å². The number of pyridine rings is 1. The van der Waals surface area contributed by atoms with E-state index in [0.29, 0.717) is 48.1 Å². The smallest absolute Gasteiger partial charge is 0.255 e. The first-order chi connectivity index (χ1) is 22.4. The first-order valence-corrected chi connectivity index (χ1v) is 16.0. The second kappa shape index (κ2) is 13.5. The van der Waals surface area contributed by atoms with Crippen LogP contribution in [0, 0.1) is 5.92 Å². The van der Waals surface area contributed by atoms with Crippen molar-refractivity contribution >= 4 is 28.9 Å². The van der Waals surface area contributed by atoms with Crippen LogP contribution in [0.25, 0.3) is 0 Å². The van der Waals surface area contributed by atoms with Crippen molar-refractivity contribution in [2.45, 2.75) is 39.3 Å². The molecule has 2 aliphatic heterocycles. The molecule has 2 atom stereocenters. The molecule has 1 saturated heterocycles. The van der Waals surface area contributed by atoms with Crippen LogP contribution in [0.4, 0.5) is 17.1 Å². The molecule has 46 heavy (non-hydrogen) atoms. The highest BCUT2D eigenvalue weighted by Crippen LogP contribution is 2.39. The SMILES string of the molecule is CCN(CC)c1ccc(C(=O)Nc2cc(C(=O)NCc3ccccc3OC)ccc2N2C[C@H]3C[C@@H](C2)c2cccc(=O)n2C3)cc1. The number of nitrogens with one attached hydrogen (secondary N) is 2. The molecular formula is C37H41N5O4. The molecule has 0 aliphatic carbocycles. The molecule has 6 rings (SSSR count). The van der Waals surface area contributed by atoms with Gasteiger partial charge in [-0.05, 0) is 80.8 Å². The molecule has 0 unspecified atom stereocenters. The van der Waals surface area contributed by atoms with Gasteiger partial charge in [0.25, 0.3) is 17.4 Å².